The lowest BCUT2D eigenvalue weighted by Crippen LogP contribution is -2.45. The van der Waals surface area contributed by atoms with E-state index < -0.39 is 5.91 Å². The molecule has 2 rings (SSSR count). The van der Waals surface area contributed by atoms with Crippen LogP contribution in [0.15, 0.2) is 12.3 Å². The SMILES string of the molecule is CCNC(=O)C1CCC(N(c2cc(Cl)ncc2C(N)=O)C(C)C)CC1. The Kier molecular flexibility index (Phi) is 6.64. The lowest BCUT2D eigenvalue weighted by Gasteiger charge is -2.41. The van der Waals surface area contributed by atoms with Crippen molar-refractivity contribution in [2.24, 2.45) is 11.7 Å². The number of amides is 2. The zero-order valence-electron chi connectivity index (χ0n) is 15.1. The molecule has 3 N–H and O–H groups in total. The number of nitrogens with one attached hydrogen (secondary N) is 1. The Morgan fingerprint density at radius 1 is 1.36 bits per heavy atom. The van der Waals surface area contributed by atoms with Crippen molar-refractivity contribution in [1.82, 2.24) is 10.3 Å². The van der Waals surface area contributed by atoms with Gasteiger partial charge in [0, 0.05) is 30.7 Å². The highest BCUT2D eigenvalue weighted by atomic mass is 35.5. The molecule has 1 aliphatic rings. The molecule has 1 saturated carbocycles. The zero-order chi connectivity index (χ0) is 18.6. The number of primary amides is 1. The van der Waals surface area contributed by atoms with Crippen LogP contribution >= 0.6 is 11.6 Å². The molecule has 0 bridgehead atoms. The molecule has 0 aromatic carbocycles. The van der Waals surface area contributed by atoms with E-state index >= 15 is 0 Å². The average Bonchev–Trinajstić information content (AvgIpc) is 2.55. The van der Waals surface area contributed by atoms with Crippen molar-refractivity contribution >= 4 is 29.1 Å². The van der Waals surface area contributed by atoms with Gasteiger partial charge in [-0.1, -0.05) is 11.6 Å². The summed E-state index contributed by atoms with van der Waals surface area (Å²) in [5.41, 5.74) is 6.63. The van der Waals surface area contributed by atoms with E-state index in [0.717, 1.165) is 31.4 Å². The van der Waals surface area contributed by atoms with Gasteiger partial charge in [-0.15, -0.1) is 0 Å². The van der Waals surface area contributed by atoms with Crippen molar-refractivity contribution in [3.63, 3.8) is 0 Å². The van der Waals surface area contributed by atoms with Gasteiger partial charge in [-0.3, -0.25) is 9.59 Å². The second-order valence-electron chi connectivity index (χ2n) is 6.79. The van der Waals surface area contributed by atoms with Crippen LogP contribution in [0.3, 0.4) is 0 Å². The summed E-state index contributed by atoms with van der Waals surface area (Å²) in [4.78, 5) is 30.1. The molecule has 0 unspecified atom stereocenters. The molecule has 1 aromatic rings. The van der Waals surface area contributed by atoms with Crippen LogP contribution in [0.5, 0.6) is 0 Å². The van der Waals surface area contributed by atoms with Crippen molar-refractivity contribution in [1.29, 1.82) is 0 Å². The molecule has 0 aliphatic heterocycles. The number of rotatable bonds is 6. The number of nitrogens with zero attached hydrogens (tertiary/aromatic N) is 2. The molecule has 1 fully saturated rings. The smallest absolute Gasteiger partial charge is 0.252 e. The van der Waals surface area contributed by atoms with E-state index in [1.54, 1.807) is 6.07 Å². The molecule has 138 valence electrons. The molecular weight excluding hydrogens is 340 g/mol. The first-order valence-electron chi connectivity index (χ1n) is 8.86. The normalized spacial score (nSPS) is 20.4. The number of pyridine rings is 1. The van der Waals surface area contributed by atoms with Gasteiger partial charge in [0.2, 0.25) is 5.91 Å². The van der Waals surface area contributed by atoms with E-state index in [2.05, 4.69) is 29.0 Å². The van der Waals surface area contributed by atoms with Crippen LogP contribution in [-0.2, 0) is 4.79 Å². The third-order valence-electron chi connectivity index (χ3n) is 4.76. The Morgan fingerprint density at radius 2 is 2.00 bits per heavy atom. The van der Waals surface area contributed by atoms with E-state index in [1.165, 1.54) is 6.20 Å². The Labute approximate surface area is 154 Å². The van der Waals surface area contributed by atoms with Gasteiger partial charge < -0.3 is 16.0 Å². The molecule has 0 radical (unpaired) electrons. The maximum absolute atomic E-state index is 12.1. The van der Waals surface area contributed by atoms with Gasteiger partial charge in [-0.25, -0.2) is 4.98 Å². The Morgan fingerprint density at radius 3 is 2.52 bits per heavy atom. The van der Waals surface area contributed by atoms with Crippen LogP contribution in [-0.4, -0.2) is 35.4 Å². The van der Waals surface area contributed by atoms with E-state index in [1.807, 2.05) is 6.92 Å². The van der Waals surface area contributed by atoms with Crippen LogP contribution in [0.4, 0.5) is 5.69 Å². The number of halogens is 1. The lowest BCUT2D eigenvalue weighted by molar-refractivity contribution is -0.125. The highest BCUT2D eigenvalue weighted by Gasteiger charge is 2.32. The van der Waals surface area contributed by atoms with Crippen molar-refractivity contribution in [2.75, 3.05) is 11.4 Å². The number of anilines is 1. The third-order valence-corrected chi connectivity index (χ3v) is 4.97. The molecular formula is C18H27ClN4O2. The average molecular weight is 367 g/mol. The Balaban J connectivity index is 2.22. The summed E-state index contributed by atoms with van der Waals surface area (Å²) < 4.78 is 0. The second-order valence-corrected chi connectivity index (χ2v) is 7.18. The second kappa shape index (κ2) is 8.52. The van der Waals surface area contributed by atoms with Crippen molar-refractivity contribution in [3.05, 3.63) is 23.0 Å². The van der Waals surface area contributed by atoms with E-state index in [9.17, 15) is 9.59 Å². The van der Waals surface area contributed by atoms with E-state index in [4.69, 9.17) is 17.3 Å². The molecule has 25 heavy (non-hydrogen) atoms. The number of aromatic nitrogens is 1. The molecule has 6 nitrogen and oxygen atoms in total. The van der Waals surface area contributed by atoms with Crippen LogP contribution in [0.25, 0.3) is 0 Å². The minimum atomic E-state index is -0.513. The van der Waals surface area contributed by atoms with Crippen LogP contribution in [0, 0.1) is 5.92 Å². The fourth-order valence-corrected chi connectivity index (χ4v) is 3.81. The van der Waals surface area contributed by atoms with Gasteiger partial charge in [-0.2, -0.15) is 0 Å². The summed E-state index contributed by atoms with van der Waals surface area (Å²) in [6, 6.07) is 2.11. The van der Waals surface area contributed by atoms with Crippen molar-refractivity contribution < 1.29 is 9.59 Å². The predicted molar refractivity (Wildman–Crippen MR) is 99.8 cm³/mol. The van der Waals surface area contributed by atoms with Crippen LogP contribution in [0.1, 0.15) is 56.8 Å². The Bertz CT molecular complexity index is 628. The summed E-state index contributed by atoms with van der Waals surface area (Å²) in [6.07, 6.45) is 4.89. The number of hydrogen-bond donors (Lipinski definition) is 2. The zero-order valence-corrected chi connectivity index (χ0v) is 15.8. The minimum Gasteiger partial charge on any atom is -0.365 e. The molecule has 0 atom stereocenters. The van der Waals surface area contributed by atoms with Crippen molar-refractivity contribution in [2.45, 2.75) is 58.5 Å². The molecule has 0 spiro atoms. The fourth-order valence-electron chi connectivity index (χ4n) is 3.65. The number of nitrogens with two attached hydrogens (primary N) is 1. The van der Waals surface area contributed by atoms with Gasteiger partial charge in [0.15, 0.2) is 0 Å². The highest BCUT2D eigenvalue weighted by molar-refractivity contribution is 6.29. The minimum absolute atomic E-state index is 0.0712. The first-order chi connectivity index (χ1) is 11.8. The summed E-state index contributed by atoms with van der Waals surface area (Å²) in [5.74, 6) is -0.301. The van der Waals surface area contributed by atoms with Crippen LogP contribution < -0.4 is 16.0 Å². The van der Waals surface area contributed by atoms with Crippen LogP contribution in [0.2, 0.25) is 5.15 Å². The van der Waals surface area contributed by atoms with Gasteiger partial charge in [0.1, 0.15) is 5.15 Å². The number of carbonyl (C=O) groups excluding carboxylic acids is 2. The van der Waals surface area contributed by atoms with E-state index in [-0.39, 0.29) is 23.9 Å². The maximum Gasteiger partial charge on any atom is 0.252 e. The molecule has 1 heterocycles. The van der Waals surface area contributed by atoms with Gasteiger partial charge >= 0.3 is 0 Å². The molecule has 1 aliphatic carbocycles. The fraction of sp³-hybridized carbons (Fsp3) is 0.611. The summed E-state index contributed by atoms with van der Waals surface area (Å²) in [5, 5.41) is 3.24. The molecule has 0 saturated heterocycles. The first kappa shape index (κ1) is 19.5. The topological polar surface area (TPSA) is 88.3 Å². The molecule has 7 heteroatoms. The van der Waals surface area contributed by atoms with E-state index in [0.29, 0.717) is 17.3 Å². The largest absolute Gasteiger partial charge is 0.365 e. The van der Waals surface area contributed by atoms with Crippen molar-refractivity contribution in [3.8, 4) is 0 Å². The first-order valence-corrected chi connectivity index (χ1v) is 9.24. The van der Waals surface area contributed by atoms with Gasteiger partial charge in [0.05, 0.1) is 11.3 Å². The summed E-state index contributed by atoms with van der Waals surface area (Å²) >= 11 is 6.07. The molecule has 1 aromatic heterocycles. The molecule has 2 amide bonds. The summed E-state index contributed by atoms with van der Waals surface area (Å²) in [6.45, 7) is 6.75. The maximum atomic E-state index is 12.1. The predicted octanol–water partition coefficient (Wildman–Crippen LogP) is 2.74. The number of carbonyl (C=O) groups is 2. The quantitative estimate of drug-likeness (QED) is 0.757. The highest BCUT2D eigenvalue weighted by Crippen LogP contribution is 2.34. The lowest BCUT2D eigenvalue weighted by atomic mass is 9.84. The summed E-state index contributed by atoms with van der Waals surface area (Å²) in [7, 11) is 0. The van der Waals surface area contributed by atoms with Gasteiger partial charge in [0.25, 0.3) is 5.91 Å². The standard InChI is InChI=1S/C18H27ClN4O2/c1-4-21-18(25)12-5-7-13(8-6-12)23(11(2)3)15-9-16(19)22-10-14(15)17(20)24/h9-13H,4-8H2,1-3H3,(H2,20,24)(H,21,25). The van der Waals surface area contributed by atoms with Gasteiger partial charge in [-0.05, 0) is 52.5 Å². The monoisotopic (exact) mass is 366 g/mol. The number of hydrogen-bond acceptors (Lipinski definition) is 4. The third kappa shape index (κ3) is 4.63. The Hall–Kier alpha value is -1.82.